The highest BCUT2D eigenvalue weighted by atomic mass is 35.5. The normalized spacial score (nSPS) is 12.6. The van der Waals surface area contributed by atoms with Crippen LogP contribution in [0.5, 0.6) is 0 Å². The van der Waals surface area contributed by atoms with Gasteiger partial charge in [-0.25, -0.2) is 0 Å². The number of amides is 1. The first-order valence-electron chi connectivity index (χ1n) is 9.37. The topological polar surface area (TPSA) is 81.9 Å². The predicted octanol–water partition coefficient (Wildman–Crippen LogP) is 4.78. The SMILES string of the molecule is COCCn1c(SC(C)C(=O)Nc2ccc(Cl)c(C(F)(F)F)c2)nnc1-c1ccncc1. The number of anilines is 1. The molecule has 12 heteroatoms. The third-order valence-corrected chi connectivity index (χ3v) is 5.78. The van der Waals surface area contributed by atoms with Crippen LogP contribution in [0.3, 0.4) is 0 Å². The molecule has 0 aliphatic carbocycles. The van der Waals surface area contributed by atoms with Gasteiger partial charge in [0, 0.05) is 30.8 Å². The largest absolute Gasteiger partial charge is 0.417 e. The number of ether oxygens (including phenoxy) is 1. The molecule has 0 aliphatic rings. The van der Waals surface area contributed by atoms with Crippen molar-refractivity contribution in [2.24, 2.45) is 0 Å². The van der Waals surface area contributed by atoms with Crippen LogP contribution >= 0.6 is 23.4 Å². The Hall–Kier alpha value is -2.63. The lowest BCUT2D eigenvalue weighted by atomic mass is 10.2. The number of aromatic nitrogens is 4. The number of methoxy groups -OCH3 is 1. The molecule has 1 N–H and O–H groups in total. The summed E-state index contributed by atoms with van der Waals surface area (Å²) in [5.41, 5.74) is -0.218. The van der Waals surface area contributed by atoms with Gasteiger partial charge in [-0.2, -0.15) is 13.2 Å². The number of rotatable bonds is 8. The van der Waals surface area contributed by atoms with E-state index in [0.29, 0.717) is 24.1 Å². The van der Waals surface area contributed by atoms with E-state index >= 15 is 0 Å². The van der Waals surface area contributed by atoms with E-state index < -0.39 is 27.9 Å². The Balaban J connectivity index is 1.77. The monoisotopic (exact) mass is 485 g/mol. The number of carbonyl (C=O) groups excluding carboxylic acids is 1. The van der Waals surface area contributed by atoms with Gasteiger partial charge in [-0.3, -0.25) is 14.3 Å². The summed E-state index contributed by atoms with van der Waals surface area (Å²) in [6, 6.07) is 6.79. The maximum Gasteiger partial charge on any atom is 0.417 e. The Bertz CT molecular complexity index is 1080. The van der Waals surface area contributed by atoms with Crippen LogP contribution in [0.2, 0.25) is 5.02 Å². The highest BCUT2D eigenvalue weighted by Gasteiger charge is 2.33. The highest BCUT2D eigenvalue weighted by Crippen LogP contribution is 2.36. The molecule has 170 valence electrons. The zero-order valence-corrected chi connectivity index (χ0v) is 18.6. The van der Waals surface area contributed by atoms with Gasteiger partial charge in [0.2, 0.25) is 5.91 Å². The predicted molar refractivity (Wildman–Crippen MR) is 116 cm³/mol. The molecule has 0 radical (unpaired) electrons. The number of halogens is 4. The van der Waals surface area contributed by atoms with Crippen LogP contribution in [0.15, 0.2) is 47.9 Å². The molecule has 1 amide bonds. The van der Waals surface area contributed by atoms with Gasteiger partial charge in [0.1, 0.15) is 0 Å². The molecule has 1 aromatic carbocycles. The molecule has 3 rings (SSSR count). The molecule has 0 saturated heterocycles. The number of pyridine rings is 1. The summed E-state index contributed by atoms with van der Waals surface area (Å²) in [7, 11) is 1.57. The van der Waals surface area contributed by atoms with Crippen molar-refractivity contribution < 1.29 is 22.7 Å². The van der Waals surface area contributed by atoms with Gasteiger partial charge in [-0.1, -0.05) is 23.4 Å². The van der Waals surface area contributed by atoms with Crippen molar-refractivity contribution in [2.45, 2.75) is 30.1 Å². The van der Waals surface area contributed by atoms with Crippen molar-refractivity contribution in [1.29, 1.82) is 0 Å². The van der Waals surface area contributed by atoms with E-state index in [2.05, 4.69) is 20.5 Å². The van der Waals surface area contributed by atoms with Crippen LogP contribution in [-0.4, -0.2) is 44.6 Å². The Morgan fingerprint density at radius 3 is 2.62 bits per heavy atom. The van der Waals surface area contributed by atoms with Crippen molar-refractivity contribution in [2.75, 3.05) is 19.0 Å². The molecular weight excluding hydrogens is 467 g/mol. The molecule has 0 fully saturated rings. The van der Waals surface area contributed by atoms with Crippen molar-refractivity contribution in [3.8, 4) is 11.4 Å². The molecule has 1 atom stereocenters. The van der Waals surface area contributed by atoms with E-state index in [-0.39, 0.29) is 5.69 Å². The van der Waals surface area contributed by atoms with Crippen molar-refractivity contribution in [3.63, 3.8) is 0 Å². The third-order valence-electron chi connectivity index (χ3n) is 4.37. The average molecular weight is 486 g/mol. The van der Waals surface area contributed by atoms with Crippen LogP contribution in [0, 0.1) is 0 Å². The highest BCUT2D eigenvalue weighted by molar-refractivity contribution is 8.00. The number of alkyl halides is 3. The van der Waals surface area contributed by atoms with Crippen LogP contribution < -0.4 is 5.32 Å². The van der Waals surface area contributed by atoms with Crippen LogP contribution in [0.4, 0.5) is 18.9 Å². The van der Waals surface area contributed by atoms with Gasteiger partial charge >= 0.3 is 6.18 Å². The van der Waals surface area contributed by atoms with Crippen molar-refractivity contribution >= 4 is 35.0 Å². The van der Waals surface area contributed by atoms with Crippen molar-refractivity contribution in [1.82, 2.24) is 19.7 Å². The molecule has 1 unspecified atom stereocenters. The number of nitrogens with one attached hydrogen (secondary N) is 1. The molecule has 32 heavy (non-hydrogen) atoms. The fraction of sp³-hybridized carbons (Fsp3) is 0.300. The second kappa shape index (κ2) is 10.3. The molecule has 0 spiro atoms. The maximum absolute atomic E-state index is 13.1. The van der Waals surface area contributed by atoms with E-state index in [4.69, 9.17) is 16.3 Å². The van der Waals surface area contributed by atoms with E-state index in [1.807, 2.05) is 4.57 Å². The minimum Gasteiger partial charge on any atom is -0.383 e. The average Bonchev–Trinajstić information content (AvgIpc) is 3.15. The second-order valence-electron chi connectivity index (χ2n) is 6.63. The fourth-order valence-electron chi connectivity index (χ4n) is 2.75. The molecule has 2 aromatic heterocycles. The third kappa shape index (κ3) is 5.78. The minimum atomic E-state index is -4.63. The first-order chi connectivity index (χ1) is 15.2. The second-order valence-corrected chi connectivity index (χ2v) is 8.34. The Labute approximate surface area is 191 Å². The lowest BCUT2D eigenvalue weighted by Crippen LogP contribution is -2.23. The van der Waals surface area contributed by atoms with Gasteiger partial charge in [-0.15, -0.1) is 10.2 Å². The molecule has 2 heterocycles. The number of thioether (sulfide) groups is 1. The van der Waals surface area contributed by atoms with Crippen LogP contribution in [0.25, 0.3) is 11.4 Å². The van der Waals surface area contributed by atoms with Crippen LogP contribution in [0.1, 0.15) is 12.5 Å². The molecular formula is C20H19ClF3N5O2S. The summed E-state index contributed by atoms with van der Waals surface area (Å²) in [6.07, 6.45) is -1.36. The van der Waals surface area contributed by atoms with Gasteiger partial charge < -0.3 is 10.1 Å². The molecule has 0 aliphatic heterocycles. The van der Waals surface area contributed by atoms with Gasteiger partial charge in [0.05, 0.1) is 29.0 Å². The number of benzene rings is 1. The lowest BCUT2D eigenvalue weighted by molar-refractivity contribution is -0.137. The summed E-state index contributed by atoms with van der Waals surface area (Å²) in [6.45, 7) is 2.47. The van der Waals surface area contributed by atoms with Gasteiger partial charge in [-0.05, 0) is 37.3 Å². The first kappa shape index (κ1) is 24.0. The van der Waals surface area contributed by atoms with Gasteiger partial charge in [0.25, 0.3) is 0 Å². The smallest absolute Gasteiger partial charge is 0.383 e. The van der Waals surface area contributed by atoms with Crippen LogP contribution in [-0.2, 0) is 22.3 Å². The zero-order chi connectivity index (χ0) is 23.3. The summed E-state index contributed by atoms with van der Waals surface area (Å²) < 4.78 is 46.2. The number of hydrogen-bond donors (Lipinski definition) is 1. The Morgan fingerprint density at radius 2 is 1.97 bits per heavy atom. The van der Waals surface area contributed by atoms with E-state index in [9.17, 15) is 18.0 Å². The Kier molecular flexibility index (Phi) is 7.75. The maximum atomic E-state index is 13.1. The summed E-state index contributed by atoms with van der Waals surface area (Å²) >= 11 is 6.76. The van der Waals surface area contributed by atoms with Gasteiger partial charge in [0.15, 0.2) is 11.0 Å². The molecule has 3 aromatic rings. The first-order valence-corrected chi connectivity index (χ1v) is 10.6. The number of nitrogens with zero attached hydrogens (tertiary/aromatic N) is 4. The summed E-state index contributed by atoms with van der Waals surface area (Å²) in [5.74, 6) is 0.101. The van der Waals surface area contributed by atoms with Crippen molar-refractivity contribution in [3.05, 3.63) is 53.3 Å². The van der Waals surface area contributed by atoms with E-state index in [0.717, 1.165) is 29.5 Å². The van der Waals surface area contributed by atoms with E-state index in [1.165, 1.54) is 6.07 Å². The summed E-state index contributed by atoms with van der Waals surface area (Å²) in [4.78, 5) is 16.6. The minimum absolute atomic E-state index is 0.00232. The Morgan fingerprint density at radius 1 is 1.25 bits per heavy atom. The standard InChI is InChI=1S/C20H19ClF3N5O2S/c1-12(18(30)26-14-3-4-16(21)15(11-14)20(22,23)24)32-19-28-27-17(29(19)9-10-31-2)13-5-7-25-8-6-13/h3-8,11-12H,9-10H2,1-2H3,(H,26,30). The molecule has 0 saturated carbocycles. The number of hydrogen-bond acceptors (Lipinski definition) is 6. The lowest BCUT2D eigenvalue weighted by Gasteiger charge is -2.15. The number of carbonyl (C=O) groups is 1. The fourth-order valence-corrected chi connectivity index (χ4v) is 3.85. The zero-order valence-electron chi connectivity index (χ0n) is 17.1. The van der Waals surface area contributed by atoms with E-state index in [1.54, 1.807) is 38.6 Å². The molecule has 7 nitrogen and oxygen atoms in total. The summed E-state index contributed by atoms with van der Waals surface area (Å²) in [5, 5.41) is 10.3. The quantitative estimate of drug-likeness (QED) is 0.462. The molecule has 0 bridgehead atoms.